The first-order valence-electron chi connectivity index (χ1n) is 19.3. The van der Waals surface area contributed by atoms with Gasteiger partial charge in [0.2, 0.25) is 11.8 Å². The number of hydrogen-bond donors (Lipinski definition) is 3. The van der Waals surface area contributed by atoms with Crippen LogP contribution in [0.15, 0.2) is 116 Å². The van der Waals surface area contributed by atoms with Gasteiger partial charge in [-0.05, 0) is 67.3 Å². The lowest BCUT2D eigenvalue weighted by Gasteiger charge is -2.55. The third-order valence-electron chi connectivity index (χ3n) is 10.4. The lowest BCUT2D eigenvalue weighted by Crippen LogP contribution is -2.76. The average Bonchev–Trinajstić information content (AvgIpc) is 3.55. The summed E-state index contributed by atoms with van der Waals surface area (Å²) >= 11 is 0. The molecule has 58 heavy (non-hydrogen) atoms. The molecule has 3 heterocycles. The van der Waals surface area contributed by atoms with Gasteiger partial charge in [0.05, 0.1) is 24.2 Å². The molecule has 0 radical (unpaired) electrons. The van der Waals surface area contributed by atoms with E-state index in [4.69, 9.17) is 4.84 Å². The van der Waals surface area contributed by atoms with Gasteiger partial charge in [-0.15, -0.1) is 6.58 Å². The van der Waals surface area contributed by atoms with Crippen molar-refractivity contribution in [2.75, 3.05) is 19.6 Å². The number of fused-ring (bicyclic) bond motifs is 2. The number of amides is 5. The van der Waals surface area contributed by atoms with Gasteiger partial charge in [-0.25, -0.2) is 20.3 Å². The maximum atomic E-state index is 14.7. The Hall–Kier alpha value is -6.44. The second kappa shape index (κ2) is 16.6. The van der Waals surface area contributed by atoms with E-state index in [2.05, 4.69) is 17.4 Å². The van der Waals surface area contributed by atoms with Crippen molar-refractivity contribution in [1.29, 1.82) is 0 Å². The van der Waals surface area contributed by atoms with Crippen LogP contribution in [-0.4, -0.2) is 90.7 Å². The van der Waals surface area contributed by atoms with Crippen LogP contribution in [0.5, 0.6) is 5.75 Å². The van der Waals surface area contributed by atoms with Gasteiger partial charge in [0.15, 0.2) is 0 Å². The van der Waals surface area contributed by atoms with Crippen LogP contribution in [0.25, 0.3) is 22.0 Å². The predicted molar refractivity (Wildman–Crippen MR) is 221 cm³/mol. The van der Waals surface area contributed by atoms with Crippen molar-refractivity contribution >= 4 is 34.7 Å². The van der Waals surface area contributed by atoms with Gasteiger partial charge in [-0.2, -0.15) is 0 Å². The molecule has 0 saturated carbocycles. The predicted octanol–water partition coefficient (Wildman–Crippen LogP) is 5.75. The molecule has 0 unspecified atom stereocenters. The number of para-hydroxylation sites is 1. The van der Waals surface area contributed by atoms with Crippen LogP contribution in [0.1, 0.15) is 47.8 Å². The minimum absolute atomic E-state index is 0.0686. The van der Waals surface area contributed by atoms with E-state index in [0.717, 1.165) is 38.7 Å². The van der Waals surface area contributed by atoms with Gasteiger partial charge in [-0.1, -0.05) is 78.9 Å². The number of carbonyl (C=O) groups excluding carboxylic acids is 4. The number of urea groups is 1. The third-order valence-corrected chi connectivity index (χ3v) is 10.4. The Morgan fingerprint density at radius 1 is 0.931 bits per heavy atom. The van der Waals surface area contributed by atoms with Crippen molar-refractivity contribution in [1.82, 2.24) is 35.2 Å². The fourth-order valence-electron chi connectivity index (χ4n) is 7.73. The highest BCUT2D eigenvalue weighted by molar-refractivity contribution is 5.99. The molecule has 0 spiro atoms. The molecule has 2 aliphatic rings. The third kappa shape index (κ3) is 8.46. The van der Waals surface area contributed by atoms with Crippen LogP contribution in [0.4, 0.5) is 4.79 Å². The van der Waals surface area contributed by atoms with Gasteiger partial charge in [-0.3, -0.25) is 19.2 Å². The lowest BCUT2D eigenvalue weighted by atomic mass is 9.97. The summed E-state index contributed by atoms with van der Waals surface area (Å²) in [4.78, 5) is 64.5. The summed E-state index contributed by atoms with van der Waals surface area (Å²) in [6, 6.07) is 28.2. The summed E-state index contributed by atoms with van der Waals surface area (Å²) in [6.45, 7) is 10.1. The van der Waals surface area contributed by atoms with E-state index >= 15 is 0 Å². The minimum Gasteiger partial charge on any atom is -0.508 e. The zero-order valence-electron chi connectivity index (χ0n) is 33.2. The van der Waals surface area contributed by atoms with Crippen LogP contribution in [0.3, 0.4) is 0 Å². The number of rotatable bonds is 11. The molecule has 13 heteroatoms. The number of phenolic OH excluding ortho intramolecular Hbond substituents is 1. The first kappa shape index (κ1) is 39.8. The molecule has 2 atom stereocenters. The smallest absolute Gasteiger partial charge is 0.334 e. The molecule has 2 saturated heterocycles. The van der Waals surface area contributed by atoms with Gasteiger partial charge in [0.25, 0.3) is 5.91 Å². The highest BCUT2D eigenvalue weighted by atomic mass is 16.7. The van der Waals surface area contributed by atoms with Crippen molar-refractivity contribution in [2.45, 2.75) is 58.1 Å². The van der Waals surface area contributed by atoms with E-state index in [9.17, 15) is 24.3 Å². The normalized spacial score (nSPS) is 17.3. The molecular formula is C45H49N7O6. The molecule has 300 valence electrons. The number of nitrogens with one attached hydrogen (secondary N) is 2. The Bertz CT molecular complexity index is 2320. The standard InChI is InChI=1S/C45H49N7O6/c1-6-23-50-29-40(54)51-38(24-30-15-21-35(53)22-16-30)43(56)49(28-39(51)52(50)44(57)46-25-31-11-8-7-9-12-31)26-34-13-10-14-36-37(27-48(5)41(34)36)32-17-19-33(20-18-32)42(55)47-58-45(2,3)4/h6-22,27,38-39,53H,1,23-26,28-29H2,2-5H3,(H,46,57)(H,47,55)/t38-,39-/m0/s1. The molecule has 0 bridgehead atoms. The number of hydroxylamine groups is 1. The Morgan fingerprint density at radius 3 is 2.34 bits per heavy atom. The van der Waals surface area contributed by atoms with Crippen molar-refractivity contribution in [3.05, 3.63) is 138 Å². The lowest BCUT2D eigenvalue weighted by molar-refractivity contribution is -0.189. The first-order chi connectivity index (χ1) is 27.8. The number of benzene rings is 4. The van der Waals surface area contributed by atoms with Gasteiger partial charge >= 0.3 is 6.03 Å². The maximum absolute atomic E-state index is 14.7. The van der Waals surface area contributed by atoms with E-state index < -0.39 is 23.8 Å². The number of aryl methyl sites for hydroxylation is 1. The highest BCUT2D eigenvalue weighted by Crippen LogP contribution is 2.35. The maximum Gasteiger partial charge on any atom is 0.334 e. The second-order valence-electron chi connectivity index (χ2n) is 15.7. The zero-order chi connectivity index (χ0) is 41.1. The summed E-state index contributed by atoms with van der Waals surface area (Å²) in [5.41, 5.74) is 7.81. The Labute approximate surface area is 338 Å². The van der Waals surface area contributed by atoms with E-state index in [1.54, 1.807) is 62.3 Å². The Morgan fingerprint density at radius 2 is 1.66 bits per heavy atom. The molecule has 5 aromatic rings. The number of carbonyl (C=O) groups is 4. The number of nitrogens with zero attached hydrogens (tertiary/aromatic N) is 5. The fraction of sp³-hybridized carbons (Fsp3) is 0.289. The fourth-order valence-corrected chi connectivity index (χ4v) is 7.73. The topological polar surface area (TPSA) is 140 Å². The molecule has 5 amide bonds. The highest BCUT2D eigenvalue weighted by Gasteiger charge is 2.51. The summed E-state index contributed by atoms with van der Waals surface area (Å²) in [5.74, 6) is -0.754. The van der Waals surface area contributed by atoms with Crippen molar-refractivity contribution in [2.24, 2.45) is 7.05 Å². The SMILES string of the molecule is C=CCN1CC(=O)N2[C@@H](Cc3ccc(O)cc3)C(=O)N(Cc3cccc4c(-c5ccc(C(=O)NOC(C)(C)C)cc5)cn(C)c34)C[C@@H]2N1C(=O)NCc1ccccc1. The largest absolute Gasteiger partial charge is 0.508 e. The van der Waals surface area contributed by atoms with Gasteiger partial charge in [0.1, 0.15) is 18.0 Å². The number of hydrogen-bond acceptors (Lipinski definition) is 7. The monoisotopic (exact) mass is 783 g/mol. The van der Waals surface area contributed by atoms with Crippen molar-refractivity contribution in [3.63, 3.8) is 0 Å². The zero-order valence-corrected chi connectivity index (χ0v) is 33.2. The summed E-state index contributed by atoms with van der Waals surface area (Å²) < 4.78 is 2.03. The minimum atomic E-state index is -0.918. The molecule has 0 aliphatic carbocycles. The molecule has 4 aromatic carbocycles. The van der Waals surface area contributed by atoms with Gasteiger partial charge in [0, 0.05) is 55.8 Å². The summed E-state index contributed by atoms with van der Waals surface area (Å²) in [6.07, 6.45) is 3.06. The first-order valence-corrected chi connectivity index (χ1v) is 19.3. The quantitative estimate of drug-likeness (QED) is 0.115. The van der Waals surface area contributed by atoms with Crippen LogP contribution >= 0.6 is 0 Å². The number of phenols is 1. The number of aromatic hydroxyl groups is 1. The molecule has 7 rings (SSSR count). The summed E-state index contributed by atoms with van der Waals surface area (Å²) in [7, 11) is 1.96. The molecule has 2 fully saturated rings. The number of aromatic nitrogens is 1. The van der Waals surface area contributed by atoms with Crippen LogP contribution in [0.2, 0.25) is 0 Å². The Balaban J connectivity index is 1.22. The molecule has 2 aliphatic heterocycles. The van der Waals surface area contributed by atoms with Gasteiger partial charge < -0.3 is 24.8 Å². The number of piperazine rings is 1. The summed E-state index contributed by atoms with van der Waals surface area (Å²) in [5, 5.41) is 17.2. The van der Waals surface area contributed by atoms with Crippen molar-refractivity contribution < 1.29 is 29.1 Å². The van der Waals surface area contributed by atoms with Crippen LogP contribution in [-0.2, 0) is 41.0 Å². The molecule has 1 aromatic heterocycles. The average molecular weight is 784 g/mol. The van der Waals surface area contributed by atoms with Crippen LogP contribution < -0.4 is 10.8 Å². The van der Waals surface area contributed by atoms with E-state index in [-0.39, 0.29) is 62.6 Å². The Kier molecular flexibility index (Phi) is 11.4. The second-order valence-corrected chi connectivity index (χ2v) is 15.7. The van der Waals surface area contributed by atoms with Crippen LogP contribution in [0, 0.1) is 0 Å². The molecular weight excluding hydrogens is 735 g/mol. The van der Waals surface area contributed by atoms with Crippen molar-refractivity contribution in [3.8, 4) is 16.9 Å². The molecule has 13 nitrogen and oxygen atoms in total. The number of hydrazine groups is 1. The molecule has 3 N–H and O–H groups in total. The van der Waals surface area contributed by atoms with E-state index in [1.165, 1.54) is 0 Å². The van der Waals surface area contributed by atoms with E-state index in [0.29, 0.717) is 5.56 Å². The van der Waals surface area contributed by atoms with E-state index in [1.807, 2.05) is 99.2 Å².